The quantitative estimate of drug-likeness (QED) is 0.899. The molecule has 4 heteroatoms. The van der Waals surface area contributed by atoms with E-state index in [4.69, 9.17) is 11.0 Å². The van der Waals surface area contributed by atoms with Gasteiger partial charge >= 0.3 is 0 Å². The molecule has 0 saturated heterocycles. The van der Waals surface area contributed by atoms with Crippen molar-refractivity contribution >= 4 is 5.91 Å². The smallest absolute Gasteiger partial charge is 0.244 e. The van der Waals surface area contributed by atoms with Crippen LogP contribution in [-0.4, -0.2) is 5.91 Å². The molecule has 2 aromatic rings. The zero-order chi connectivity index (χ0) is 15.3. The van der Waals surface area contributed by atoms with E-state index in [1.807, 2.05) is 36.4 Å². The highest BCUT2D eigenvalue weighted by Crippen LogP contribution is 2.17. The number of benzene rings is 2. The van der Waals surface area contributed by atoms with E-state index in [1.54, 1.807) is 25.1 Å². The molecule has 0 heterocycles. The maximum absolute atomic E-state index is 12.3. The average molecular weight is 279 g/mol. The first-order valence-corrected chi connectivity index (χ1v) is 6.66. The van der Waals surface area contributed by atoms with Crippen LogP contribution in [0.3, 0.4) is 0 Å². The van der Waals surface area contributed by atoms with E-state index in [-0.39, 0.29) is 5.91 Å². The van der Waals surface area contributed by atoms with Gasteiger partial charge in [0.1, 0.15) is 5.54 Å². The van der Waals surface area contributed by atoms with Crippen LogP contribution in [0.2, 0.25) is 0 Å². The second-order valence-electron chi connectivity index (χ2n) is 5.06. The lowest BCUT2D eigenvalue weighted by atomic mass is 9.92. The number of nitriles is 1. The van der Waals surface area contributed by atoms with Gasteiger partial charge in [0.25, 0.3) is 0 Å². The molecule has 0 saturated carbocycles. The third kappa shape index (κ3) is 3.47. The van der Waals surface area contributed by atoms with E-state index in [2.05, 4.69) is 11.4 Å². The van der Waals surface area contributed by atoms with Crippen LogP contribution in [0.5, 0.6) is 0 Å². The molecule has 0 aliphatic carbocycles. The number of rotatable bonds is 4. The second kappa shape index (κ2) is 6.21. The maximum atomic E-state index is 12.3. The van der Waals surface area contributed by atoms with Gasteiger partial charge in [0.2, 0.25) is 5.91 Å². The van der Waals surface area contributed by atoms with Crippen molar-refractivity contribution in [2.24, 2.45) is 5.73 Å². The molecule has 1 atom stereocenters. The minimum absolute atomic E-state index is 0.254. The number of nitrogens with one attached hydrogen (secondary N) is 1. The van der Waals surface area contributed by atoms with E-state index >= 15 is 0 Å². The SMILES string of the molecule is CC(N)(C(=O)NCc1cccc(C#N)c1)c1ccccc1. The molecule has 0 radical (unpaired) electrons. The normalized spacial score (nSPS) is 13.0. The molecule has 0 aromatic heterocycles. The summed E-state index contributed by atoms with van der Waals surface area (Å²) in [5.74, 6) is -0.254. The highest BCUT2D eigenvalue weighted by molar-refractivity contribution is 5.86. The molecule has 106 valence electrons. The Hall–Kier alpha value is -2.64. The van der Waals surface area contributed by atoms with Crippen molar-refractivity contribution in [3.63, 3.8) is 0 Å². The first-order valence-electron chi connectivity index (χ1n) is 6.66. The lowest BCUT2D eigenvalue weighted by Gasteiger charge is -2.24. The molecule has 1 unspecified atom stereocenters. The van der Waals surface area contributed by atoms with Crippen LogP contribution < -0.4 is 11.1 Å². The molecule has 1 amide bonds. The van der Waals surface area contributed by atoms with Crippen molar-refractivity contribution in [1.29, 1.82) is 5.26 Å². The van der Waals surface area contributed by atoms with E-state index in [9.17, 15) is 4.79 Å². The van der Waals surface area contributed by atoms with Gasteiger partial charge in [0.15, 0.2) is 0 Å². The molecular formula is C17H17N3O. The Labute approximate surface area is 124 Å². The summed E-state index contributed by atoms with van der Waals surface area (Å²) in [7, 11) is 0. The number of hydrogen-bond acceptors (Lipinski definition) is 3. The molecule has 0 aliphatic rings. The summed E-state index contributed by atoms with van der Waals surface area (Å²) in [4.78, 5) is 12.3. The van der Waals surface area contributed by atoms with Gasteiger partial charge in [-0.2, -0.15) is 5.26 Å². The molecule has 3 N–H and O–H groups in total. The number of carbonyl (C=O) groups is 1. The van der Waals surface area contributed by atoms with E-state index in [0.717, 1.165) is 11.1 Å². The number of amides is 1. The number of nitrogens with zero attached hydrogens (tertiary/aromatic N) is 1. The van der Waals surface area contributed by atoms with Crippen LogP contribution in [0.15, 0.2) is 54.6 Å². The Morgan fingerprint density at radius 2 is 1.95 bits per heavy atom. The van der Waals surface area contributed by atoms with Gasteiger partial charge in [-0.05, 0) is 30.2 Å². The number of nitrogens with two attached hydrogens (primary N) is 1. The largest absolute Gasteiger partial charge is 0.350 e. The molecule has 4 nitrogen and oxygen atoms in total. The summed E-state index contributed by atoms with van der Waals surface area (Å²) in [5.41, 5.74) is 7.24. The molecule has 0 aliphatic heterocycles. The minimum atomic E-state index is -1.09. The van der Waals surface area contributed by atoms with Gasteiger partial charge in [0.05, 0.1) is 11.6 Å². The third-order valence-electron chi connectivity index (χ3n) is 3.35. The fraction of sp³-hybridized carbons (Fsp3) is 0.176. The maximum Gasteiger partial charge on any atom is 0.244 e. The number of carbonyl (C=O) groups excluding carboxylic acids is 1. The first-order chi connectivity index (χ1) is 10.0. The second-order valence-corrected chi connectivity index (χ2v) is 5.06. The van der Waals surface area contributed by atoms with E-state index in [1.165, 1.54) is 0 Å². The summed E-state index contributed by atoms with van der Waals surface area (Å²) < 4.78 is 0. The van der Waals surface area contributed by atoms with Gasteiger partial charge in [-0.15, -0.1) is 0 Å². The van der Waals surface area contributed by atoms with Crippen molar-refractivity contribution in [3.8, 4) is 6.07 Å². The molecule has 0 bridgehead atoms. The van der Waals surface area contributed by atoms with Crippen molar-refractivity contribution in [2.45, 2.75) is 19.0 Å². The Morgan fingerprint density at radius 1 is 1.24 bits per heavy atom. The van der Waals surface area contributed by atoms with Crippen molar-refractivity contribution in [3.05, 3.63) is 71.3 Å². The Morgan fingerprint density at radius 3 is 2.62 bits per heavy atom. The summed E-state index contributed by atoms with van der Waals surface area (Å²) in [6.45, 7) is 2.03. The summed E-state index contributed by atoms with van der Waals surface area (Å²) in [6, 6.07) is 18.4. The van der Waals surface area contributed by atoms with Crippen LogP contribution in [-0.2, 0) is 16.9 Å². The molecule has 0 fully saturated rings. The van der Waals surface area contributed by atoms with Gasteiger partial charge in [0, 0.05) is 6.54 Å². The predicted molar refractivity (Wildman–Crippen MR) is 81.0 cm³/mol. The molecule has 21 heavy (non-hydrogen) atoms. The lowest BCUT2D eigenvalue weighted by Crippen LogP contribution is -2.48. The Kier molecular flexibility index (Phi) is 4.36. The van der Waals surface area contributed by atoms with Crippen LogP contribution in [0.25, 0.3) is 0 Å². The van der Waals surface area contributed by atoms with E-state index in [0.29, 0.717) is 12.1 Å². The molecular weight excluding hydrogens is 262 g/mol. The van der Waals surface area contributed by atoms with Crippen LogP contribution in [0, 0.1) is 11.3 Å². The summed E-state index contributed by atoms with van der Waals surface area (Å²) >= 11 is 0. The highest BCUT2D eigenvalue weighted by atomic mass is 16.2. The van der Waals surface area contributed by atoms with Gasteiger partial charge in [-0.25, -0.2) is 0 Å². The molecule has 2 aromatic carbocycles. The van der Waals surface area contributed by atoms with Crippen molar-refractivity contribution in [1.82, 2.24) is 5.32 Å². The van der Waals surface area contributed by atoms with Gasteiger partial charge in [-0.3, -0.25) is 4.79 Å². The Bertz CT molecular complexity index is 672. The highest BCUT2D eigenvalue weighted by Gasteiger charge is 2.29. The van der Waals surface area contributed by atoms with Crippen molar-refractivity contribution in [2.75, 3.05) is 0 Å². The third-order valence-corrected chi connectivity index (χ3v) is 3.35. The van der Waals surface area contributed by atoms with Crippen molar-refractivity contribution < 1.29 is 4.79 Å². The van der Waals surface area contributed by atoms with Crippen LogP contribution in [0.1, 0.15) is 23.6 Å². The summed E-state index contributed by atoms with van der Waals surface area (Å²) in [6.07, 6.45) is 0. The first kappa shape index (κ1) is 14.8. The summed E-state index contributed by atoms with van der Waals surface area (Å²) in [5, 5.41) is 11.7. The molecule has 0 spiro atoms. The fourth-order valence-corrected chi connectivity index (χ4v) is 2.03. The standard InChI is InChI=1S/C17H17N3O/c1-17(19,15-8-3-2-4-9-15)16(21)20-12-14-7-5-6-13(10-14)11-18/h2-10H,12,19H2,1H3,(H,20,21). The monoisotopic (exact) mass is 279 g/mol. The zero-order valence-electron chi connectivity index (χ0n) is 11.8. The minimum Gasteiger partial charge on any atom is -0.350 e. The van der Waals surface area contributed by atoms with Gasteiger partial charge < -0.3 is 11.1 Å². The topological polar surface area (TPSA) is 78.9 Å². The van der Waals surface area contributed by atoms with Gasteiger partial charge in [-0.1, -0.05) is 42.5 Å². The zero-order valence-corrected chi connectivity index (χ0v) is 11.8. The lowest BCUT2D eigenvalue weighted by molar-refractivity contribution is -0.126. The molecule has 2 rings (SSSR count). The Balaban J connectivity index is 2.06. The predicted octanol–water partition coefficient (Wildman–Crippen LogP) is 2.05. The number of hydrogen-bond donors (Lipinski definition) is 2. The average Bonchev–Trinajstić information content (AvgIpc) is 2.53. The van der Waals surface area contributed by atoms with E-state index < -0.39 is 5.54 Å². The van der Waals surface area contributed by atoms with Crippen LogP contribution >= 0.6 is 0 Å². The fourth-order valence-electron chi connectivity index (χ4n) is 2.03. The van der Waals surface area contributed by atoms with Crippen LogP contribution in [0.4, 0.5) is 0 Å².